The first-order valence-corrected chi connectivity index (χ1v) is 22.5. The maximum atomic E-state index is 13.6. The van der Waals surface area contributed by atoms with Gasteiger partial charge in [-0.05, 0) is 119 Å². The third-order valence-electron chi connectivity index (χ3n) is 8.14. The van der Waals surface area contributed by atoms with E-state index in [-0.39, 0.29) is 86.5 Å². The van der Waals surface area contributed by atoms with Crippen LogP contribution in [0.3, 0.4) is 0 Å². The van der Waals surface area contributed by atoms with E-state index in [4.69, 9.17) is 4.74 Å². The molecule has 14 N–H and O–H groups in total. The largest absolute Gasteiger partial charge is 0.484 e. The van der Waals surface area contributed by atoms with Crippen LogP contribution in [-0.2, 0) is 11.2 Å². The van der Waals surface area contributed by atoms with Crippen molar-refractivity contribution in [1.82, 2.24) is 26.6 Å². The topological polar surface area (TPSA) is 329 Å². The molecule has 5 atom stereocenters. The van der Waals surface area contributed by atoms with Crippen LogP contribution in [0.5, 0.6) is 5.75 Å². The molecule has 2 aromatic rings. The fraction of sp³-hybridized carbons (Fsp3) is 0.485. The highest BCUT2D eigenvalue weighted by Gasteiger charge is 2.35. The van der Waals surface area contributed by atoms with Crippen molar-refractivity contribution in [3.05, 3.63) is 45.7 Å². The lowest BCUT2D eigenvalue weighted by Crippen LogP contribution is -2.44. The summed E-state index contributed by atoms with van der Waals surface area (Å²) in [6.45, 7) is -3.69. The highest BCUT2D eigenvalue weighted by atomic mass is 127. The fourth-order valence-corrected chi connectivity index (χ4v) is 12.1. The molecule has 25 heteroatoms. The van der Waals surface area contributed by atoms with Crippen LogP contribution in [0.1, 0.15) is 47.0 Å². The molecule has 0 saturated heterocycles. The van der Waals surface area contributed by atoms with Gasteiger partial charge in [-0.3, -0.25) is 24.0 Å². The first-order chi connectivity index (χ1) is 27.4. The number of nitrogens with one attached hydrogen (secondary N) is 6. The van der Waals surface area contributed by atoms with Gasteiger partial charge in [0.15, 0.2) is 5.75 Å². The minimum absolute atomic E-state index is 0.0259. The molecular weight excluding hydrogens is 1340 g/mol. The van der Waals surface area contributed by atoms with Crippen molar-refractivity contribution in [2.24, 2.45) is 0 Å². The predicted molar refractivity (Wildman–Crippen MR) is 248 cm³/mol. The summed E-state index contributed by atoms with van der Waals surface area (Å²) in [5.41, 5.74) is 0.615. The van der Waals surface area contributed by atoms with Crippen molar-refractivity contribution in [1.29, 1.82) is 0 Å². The van der Waals surface area contributed by atoms with Crippen LogP contribution >= 0.6 is 113 Å². The third kappa shape index (κ3) is 13.4. The monoisotopic (exact) mass is 1380 g/mol. The van der Waals surface area contributed by atoms with Crippen molar-refractivity contribution in [2.75, 3.05) is 71.0 Å². The zero-order valence-electron chi connectivity index (χ0n) is 30.1. The maximum Gasteiger partial charge on any atom is 0.256 e. The first kappa shape index (κ1) is 51.1. The molecule has 1 aliphatic rings. The molecule has 0 aliphatic carbocycles. The average Bonchev–Trinajstić information content (AvgIpc) is 3.20. The molecule has 58 heavy (non-hydrogen) atoms. The number of aliphatic hydroxyl groups is 8. The van der Waals surface area contributed by atoms with Crippen molar-refractivity contribution < 1.29 is 69.6 Å². The van der Waals surface area contributed by atoms with Crippen molar-refractivity contribution in [3.63, 3.8) is 0 Å². The lowest BCUT2D eigenvalue weighted by molar-refractivity contribution is -0.120. The third-order valence-corrected chi connectivity index (χ3v) is 13.8. The molecule has 20 nitrogen and oxygen atoms in total. The second-order valence-corrected chi connectivity index (χ2v) is 17.9. The quantitative estimate of drug-likeness (QED) is 0.0614. The molecule has 1 heterocycles. The van der Waals surface area contributed by atoms with Crippen molar-refractivity contribution in [2.45, 2.75) is 36.9 Å². The van der Waals surface area contributed by atoms with E-state index in [1.165, 1.54) is 0 Å². The number of fused-ring (bicyclic) bond motifs is 1. The highest BCUT2D eigenvalue weighted by Crippen LogP contribution is 2.42. The molecule has 0 bridgehead atoms. The number of hydrogen-bond acceptors (Lipinski definition) is 15. The minimum Gasteiger partial charge on any atom is -0.484 e. The van der Waals surface area contributed by atoms with Gasteiger partial charge in [0, 0.05) is 40.5 Å². The van der Waals surface area contributed by atoms with Gasteiger partial charge in [0.2, 0.25) is 5.91 Å². The molecule has 322 valence electrons. The number of anilines is 1. The molecule has 2 aromatic carbocycles. The summed E-state index contributed by atoms with van der Waals surface area (Å²) in [4.78, 5) is 67.2. The number of rotatable bonds is 20. The Morgan fingerprint density at radius 2 is 0.931 bits per heavy atom. The zero-order chi connectivity index (χ0) is 43.4. The fourth-order valence-electron chi connectivity index (χ4n) is 5.06. The lowest BCUT2D eigenvalue weighted by Gasteiger charge is -2.31. The molecule has 0 radical (unpaired) electrons. The molecule has 3 rings (SSSR count). The Balaban J connectivity index is 1.94. The average molecular weight is 1380 g/mol. The van der Waals surface area contributed by atoms with E-state index in [0.717, 1.165) is 0 Å². The number of carbonyl (C=O) groups is 5. The van der Waals surface area contributed by atoms with E-state index in [0.29, 0.717) is 16.3 Å². The van der Waals surface area contributed by atoms with Gasteiger partial charge in [0.1, 0.15) is 6.10 Å². The van der Waals surface area contributed by atoms with E-state index >= 15 is 0 Å². The summed E-state index contributed by atoms with van der Waals surface area (Å²) in [6, 6.07) is 0. The molecule has 1 aliphatic heterocycles. The normalized spacial score (nSPS) is 15.4. The van der Waals surface area contributed by atoms with E-state index in [1.807, 2.05) is 90.4 Å². The molecule has 0 aromatic heterocycles. The summed E-state index contributed by atoms with van der Waals surface area (Å²) in [7, 11) is 0. The van der Waals surface area contributed by atoms with Crippen LogP contribution in [0.4, 0.5) is 5.69 Å². The molecule has 0 spiro atoms. The SMILES string of the molecule is O=C(Cc1c(I)c(C(=O)NCC(O)CO)c(I)c(C(=O)NCC(O)CO)c1I)NCC1CNc2c(I)c(C(=O)NCC(O)CO)c(I)c(C(=O)NCC(O)CO)c2O1. The number of hydrogen-bond donors (Lipinski definition) is 14. The zero-order valence-corrected chi connectivity index (χ0v) is 40.9. The Morgan fingerprint density at radius 1 is 0.569 bits per heavy atom. The number of amides is 5. The second-order valence-electron chi connectivity index (χ2n) is 12.5. The van der Waals surface area contributed by atoms with E-state index in [1.54, 1.807) is 22.6 Å². The van der Waals surface area contributed by atoms with Gasteiger partial charge in [-0.2, -0.15) is 0 Å². The maximum absolute atomic E-state index is 13.6. The molecule has 5 amide bonds. The van der Waals surface area contributed by atoms with Gasteiger partial charge >= 0.3 is 0 Å². The standard InChI is InChI=1S/C33H41I5N6O14/c34-23-17(24(35)20(31(55)42-3-13(50)9-46)25(36)19(23)30(54)41-2-12(49)8-45)1-18(53)39-6-16-7-40-28-27(38)21(32(56)43-4-14(51)10-47)26(37)22(29(28)58-16)33(57)44-5-15(52)11-48/h12-16,40,45-52H,1-11H2,(H,39,53)(H,41,54)(H,42,55)(H,43,56)(H,44,57). The molecule has 0 saturated carbocycles. The van der Waals surface area contributed by atoms with E-state index in [2.05, 4.69) is 31.9 Å². The van der Waals surface area contributed by atoms with Crippen LogP contribution in [0.25, 0.3) is 0 Å². The summed E-state index contributed by atoms with van der Waals surface area (Å²) in [5.74, 6) is -3.30. The summed E-state index contributed by atoms with van der Waals surface area (Å²) >= 11 is 9.27. The molecular formula is C33H41I5N6O14. The minimum atomic E-state index is -1.28. The lowest BCUT2D eigenvalue weighted by atomic mass is 10.0. The second kappa shape index (κ2) is 24.4. The van der Waals surface area contributed by atoms with Gasteiger partial charge in [-0.25, -0.2) is 0 Å². The molecule has 0 fully saturated rings. The number of ether oxygens (including phenoxy) is 1. The van der Waals surface area contributed by atoms with Gasteiger partial charge < -0.3 is 77.5 Å². The first-order valence-electron chi connectivity index (χ1n) is 17.1. The smallest absolute Gasteiger partial charge is 0.256 e. The Bertz CT molecular complexity index is 1810. The number of aliphatic hydroxyl groups excluding tert-OH is 8. The van der Waals surface area contributed by atoms with Crippen LogP contribution in [0, 0.1) is 17.9 Å². The Labute approximate surface area is 399 Å². The van der Waals surface area contributed by atoms with Crippen LogP contribution in [-0.4, -0.2) is 167 Å². The predicted octanol–water partition coefficient (Wildman–Crippen LogP) is -2.43. The van der Waals surface area contributed by atoms with Crippen molar-refractivity contribution >= 4 is 148 Å². The van der Waals surface area contributed by atoms with Gasteiger partial charge in [0.25, 0.3) is 23.6 Å². The van der Waals surface area contributed by atoms with E-state index in [9.17, 15) is 64.8 Å². The summed E-state index contributed by atoms with van der Waals surface area (Å²) in [5, 5.41) is 92.1. The Morgan fingerprint density at radius 3 is 1.33 bits per heavy atom. The highest BCUT2D eigenvalue weighted by molar-refractivity contribution is 14.1. The van der Waals surface area contributed by atoms with Crippen molar-refractivity contribution in [3.8, 4) is 5.75 Å². The van der Waals surface area contributed by atoms with Gasteiger partial charge in [-0.15, -0.1) is 0 Å². The summed E-state index contributed by atoms with van der Waals surface area (Å²) < 4.78 is 7.63. The van der Waals surface area contributed by atoms with Crippen LogP contribution in [0.15, 0.2) is 0 Å². The number of benzene rings is 2. The van der Waals surface area contributed by atoms with Crippen LogP contribution in [0.2, 0.25) is 0 Å². The van der Waals surface area contributed by atoms with E-state index < -0.39 is 86.5 Å². The van der Waals surface area contributed by atoms with Gasteiger partial charge in [-0.1, -0.05) is 0 Å². The molecule has 5 unspecified atom stereocenters. The van der Waals surface area contributed by atoms with Gasteiger partial charge in [0.05, 0.1) is 102 Å². The Kier molecular flexibility index (Phi) is 21.5. The number of halogens is 5. The number of carbonyl (C=O) groups excluding carboxylic acids is 5. The summed E-state index contributed by atoms with van der Waals surface area (Å²) in [6.07, 6.45) is -6.13. The van der Waals surface area contributed by atoms with Crippen LogP contribution < -0.4 is 36.6 Å². The Hall–Kier alpha value is -1.28.